The fourth-order valence-electron chi connectivity index (χ4n) is 1.91. The second kappa shape index (κ2) is 4.87. The summed E-state index contributed by atoms with van der Waals surface area (Å²) in [6.45, 7) is -0.0336. The highest BCUT2D eigenvalue weighted by Crippen LogP contribution is 2.29. The Labute approximate surface area is 114 Å². The first-order chi connectivity index (χ1) is 9.28. The molecule has 3 N–H and O–H groups in total. The maximum atomic E-state index is 9.08. The lowest BCUT2D eigenvalue weighted by molar-refractivity contribution is 0.277. The Morgan fingerprint density at radius 1 is 1.05 bits per heavy atom. The van der Waals surface area contributed by atoms with Crippen molar-refractivity contribution >= 4 is 11.6 Å². The van der Waals surface area contributed by atoms with Crippen molar-refractivity contribution in [2.75, 3.05) is 0 Å². The summed E-state index contributed by atoms with van der Waals surface area (Å²) < 4.78 is 0. The van der Waals surface area contributed by atoms with Gasteiger partial charge in [-0.2, -0.15) is 15.4 Å². The molecule has 0 aliphatic heterocycles. The number of hydrogen-bond donors (Lipinski definition) is 3. The number of halogens is 1. The summed E-state index contributed by atoms with van der Waals surface area (Å²) in [4.78, 5) is 2.98. The number of aromatic nitrogens is 4. The van der Waals surface area contributed by atoms with E-state index in [1.807, 2.05) is 30.3 Å². The Balaban J connectivity index is 2.04. The van der Waals surface area contributed by atoms with Gasteiger partial charge in [0.05, 0.1) is 6.61 Å². The number of aliphatic hydroxyl groups excluding tert-OH is 1. The van der Waals surface area contributed by atoms with Crippen LogP contribution in [-0.2, 0) is 6.61 Å². The zero-order chi connectivity index (χ0) is 13.2. The third-order valence-corrected chi connectivity index (χ3v) is 3.10. The Kier molecular flexibility index (Phi) is 3.06. The third kappa shape index (κ3) is 2.25. The molecule has 96 valence electrons. The van der Waals surface area contributed by atoms with Gasteiger partial charge in [0.25, 0.3) is 0 Å². The van der Waals surface area contributed by atoms with Crippen molar-refractivity contribution in [3.63, 3.8) is 0 Å². The zero-order valence-corrected chi connectivity index (χ0v) is 10.6. The lowest BCUT2D eigenvalue weighted by atomic mass is 10.1. The monoisotopic (exact) mass is 274 g/mol. The average molecular weight is 275 g/mol. The van der Waals surface area contributed by atoms with E-state index >= 15 is 0 Å². The molecule has 0 saturated carbocycles. The van der Waals surface area contributed by atoms with Crippen LogP contribution in [0, 0.1) is 0 Å². The molecule has 2 aromatic heterocycles. The molecule has 0 amide bonds. The molecule has 5 nitrogen and oxygen atoms in total. The van der Waals surface area contributed by atoms with E-state index in [-0.39, 0.29) is 6.61 Å². The fraction of sp³-hybridized carbons (Fsp3) is 0.0769. The van der Waals surface area contributed by atoms with Crippen molar-refractivity contribution in [1.29, 1.82) is 0 Å². The van der Waals surface area contributed by atoms with Crippen molar-refractivity contribution in [2.24, 2.45) is 0 Å². The van der Waals surface area contributed by atoms with Gasteiger partial charge in [-0.3, -0.25) is 0 Å². The molecular formula is C13H11ClN4O. The lowest BCUT2D eigenvalue weighted by Crippen LogP contribution is -1.82. The molecule has 0 radical (unpaired) electrons. The van der Waals surface area contributed by atoms with Crippen LogP contribution >= 0.6 is 11.6 Å². The van der Waals surface area contributed by atoms with E-state index in [2.05, 4.69) is 20.4 Å². The highest BCUT2D eigenvalue weighted by Gasteiger charge is 2.13. The van der Waals surface area contributed by atoms with Crippen molar-refractivity contribution in [1.82, 2.24) is 20.4 Å². The predicted octanol–water partition coefficient (Wildman–Crippen LogP) is 2.61. The molecule has 0 aliphatic carbocycles. The summed E-state index contributed by atoms with van der Waals surface area (Å²) in [7, 11) is 0. The van der Waals surface area contributed by atoms with Crippen LogP contribution in [0.25, 0.3) is 22.5 Å². The van der Waals surface area contributed by atoms with Gasteiger partial charge in [-0.1, -0.05) is 23.7 Å². The molecule has 19 heavy (non-hydrogen) atoms. The Morgan fingerprint density at radius 2 is 1.74 bits per heavy atom. The van der Waals surface area contributed by atoms with E-state index in [0.29, 0.717) is 5.02 Å². The van der Waals surface area contributed by atoms with Crippen molar-refractivity contribution in [3.05, 3.63) is 47.2 Å². The molecule has 2 heterocycles. The summed E-state index contributed by atoms with van der Waals surface area (Å²) in [5, 5.41) is 20.7. The summed E-state index contributed by atoms with van der Waals surface area (Å²) in [5.74, 6) is 0. The van der Waals surface area contributed by atoms with Crippen LogP contribution < -0.4 is 0 Å². The van der Waals surface area contributed by atoms with Crippen LogP contribution in [0.4, 0.5) is 0 Å². The molecule has 0 fully saturated rings. The fourth-order valence-corrected chi connectivity index (χ4v) is 2.04. The van der Waals surface area contributed by atoms with Gasteiger partial charge in [-0.05, 0) is 18.2 Å². The van der Waals surface area contributed by atoms with Crippen LogP contribution in [-0.4, -0.2) is 25.5 Å². The van der Waals surface area contributed by atoms with Gasteiger partial charge in [0.1, 0.15) is 11.4 Å². The van der Waals surface area contributed by atoms with Gasteiger partial charge >= 0.3 is 0 Å². The Hall–Kier alpha value is -2.11. The maximum absolute atomic E-state index is 9.08. The SMILES string of the molecule is OCc1cc(-c2n[nH]nc2-c2ccc(Cl)cc2)c[nH]1. The first-order valence-electron chi connectivity index (χ1n) is 5.73. The van der Waals surface area contributed by atoms with Gasteiger partial charge in [0, 0.05) is 28.0 Å². The first-order valence-corrected chi connectivity index (χ1v) is 6.11. The smallest absolute Gasteiger partial charge is 0.122 e. The minimum absolute atomic E-state index is 0.0336. The predicted molar refractivity (Wildman–Crippen MR) is 72.5 cm³/mol. The molecule has 0 saturated heterocycles. The summed E-state index contributed by atoms with van der Waals surface area (Å²) >= 11 is 5.88. The molecule has 0 bridgehead atoms. The first kappa shape index (κ1) is 12.0. The molecule has 0 aliphatic rings. The van der Waals surface area contributed by atoms with E-state index < -0.39 is 0 Å². The molecule has 0 spiro atoms. The van der Waals surface area contributed by atoms with Crippen molar-refractivity contribution in [3.8, 4) is 22.5 Å². The second-order valence-corrected chi connectivity index (χ2v) is 4.54. The number of benzene rings is 1. The van der Waals surface area contributed by atoms with Gasteiger partial charge in [-0.25, -0.2) is 0 Å². The molecule has 3 aromatic rings. The number of aliphatic hydroxyl groups is 1. The van der Waals surface area contributed by atoms with E-state index in [9.17, 15) is 0 Å². The van der Waals surface area contributed by atoms with Gasteiger partial charge < -0.3 is 10.1 Å². The van der Waals surface area contributed by atoms with E-state index in [4.69, 9.17) is 16.7 Å². The van der Waals surface area contributed by atoms with Crippen LogP contribution in [0.3, 0.4) is 0 Å². The number of hydrogen-bond acceptors (Lipinski definition) is 3. The Morgan fingerprint density at radius 3 is 2.37 bits per heavy atom. The van der Waals surface area contributed by atoms with Crippen molar-refractivity contribution < 1.29 is 5.11 Å². The van der Waals surface area contributed by atoms with Gasteiger partial charge in [0.2, 0.25) is 0 Å². The number of nitrogens with zero attached hydrogens (tertiary/aromatic N) is 2. The topological polar surface area (TPSA) is 77.6 Å². The average Bonchev–Trinajstić information content (AvgIpc) is 3.07. The van der Waals surface area contributed by atoms with E-state index in [1.165, 1.54) is 0 Å². The number of aromatic amines is 2. The second-order valence-electron chi connectivity index (χ2n) is 4.10. The molecule has 0 unspecified atom stereocenters. The van der Waals surface area contributed by atoms with Gasteiger partial charge in [-0.15, -0.1) is 0 Å². The highest BCUT2D eigenvalue weighted by molar-refractivity contribution is 6.30. The Bertz CT molecular complexity index is 687. The molecular weight excluding hydrogens is 264 g/mol. The summed E-state index contributed by atoms with van der Waals surface area (Å²) in [6, 6.07) is 9.25. The van der Waals surface area contributed by atoms with E-state index in [1.54, 1.807) is 6.20 Å². The largest absolute Gasteiger partial charge is 0.390 e. The van der Waals surface area contributed by atoms with Crippen LogP contribution in [0.2, 0.25) is 5.02 Å². The molecule has 0 atom stereocenters. The minimum atomic E-state index is -0.0336. The summed E-state index contributed by atoms with van der Waals surface area (Å²) in [6.07, 6.45) is 1.79. The molecule has 1 aromatic carbocycles. The number of H-pyrrole nitrogens is 2. The molecule has 3 rings (SSSR count). The van der Waals surface area contributed by atoms with Crippen LogP contribution in [0.1, 0.15) is 5.69 Å². The van der Waals surface area contributed by atoms with Crippen LogP contribution in [0.15, 0.2) is 36.5 Å². The lowest BCUT2D eigenvalue weighted by Gasteiger charge is -1.99. The normalized spacial score (nSPS) is 10.8. The van der Waals surface area contributed by atoms with Crippen LogP contribution in [0.5, 0.6) is 0 Å². The van der Waals surface area contributed by atoms with Crippen molar-refractivity contribution in [2.45, 2.75) is 6.61 Å². The zero-order valence-electron chi connectivity index (χ0n) is 9.89. The number of rotatable bonds is 3. The minimum Gasteiger partial charge on any atom is -0.390 e. The quantitative estimate of drug-likeness (QED) is 0.687. The standard InChI is InChI=1S/C13H11ClN4O/c14-10-3-1-8(2-4-10)12-13(17-18-16-12)9-5-11(7-19)15-6-9/h1-6,15,19H,7H2,(H,16,17,18). The maximum Gasteiger partial charge on any atom is 0.122 e. The molecule has 6 heteroatoms. The number of nitrogens with one attached hydrogen (secondary N) is 2. The summed E-state index contributed by atoms with van der Waals surface area (Å²) in [5.41, 5.74) is 4.03. The highest BCUT2D eigenvalue weighted by atomic mass is 35.5. The van der Waals surface area contributed by atoms with Gasteiger partial charge in [0.15, 0.2) is 0 Å². The van der Waals surface area contributed by atoms with E-state index in [0.717, 1.165) is 28.2 Å². The third-order valence-electron chi connectivity index (χ3n) is 2.85.